The number of thiazole rings is 1. The molecule has 4 nitrogen and oxygen atoms in total. The summed E-state index contributed by atoms with van der Waals surface area (Å²) in [4.78, 5) is 16.6. The number of hydrogen-bond acceptors (Lipinski definition) is 5. The Labute approximate surface area is 151 Å². The number of amides is 1. The SMILES string of the molecule is NCCc1nc(C(=O)Nc2cccc(CSC3CCCC3)c2)cs1. The maximum Gasteiger partial charge on any atom is 0.275 e. The van der Waals surface area contributed by atoms with Crippen LogP contribution in [0.15, 0.2) is 29.6 Å². The minimum absolute atomic E-state index is 0.157. The highest BCUT2D eigenvalue weighted by molar-refractivity contribution is 7.99. The average molecular weight is 362 g/mol. The Morgan fingerprint density at radius 3 is 3.00 bits per heavy atom. The molecule has 24 heavy (non-hydrogen) atoms. The Morgan fingerprint density at radius 2 is 2.21 bits per heavy atom. The van der Waals surface area contributed by atoms with E-state index in [2.05, 4.69) is 22.4 Å². The Balaban J connectivity index is 1.57. The highest BCUT2D eigenvalue weighted by Gasteiger charge is 2.15. The summed E-state index contributed by atoms with van der Waals surface area (Å²) in [6.07, 6.45) is 6.14. The van der Waals surface area contributed by atoms with E-state index in [9.17, 15) is 4.79 Å². The van der Waals surface area contributed by atoms with E-state index in [0.717, 1.165) is 21.7 Å². The largest absolute Gasteiger partial charge is 0.330 e. The summed E-state index contributed by atoms with van der Waals surface area (Å²) in [5.74, 6) is 0.848. The number of nitrogens with one attached hydrogen (secondary N) is 1. The molecule has 2 aromatic rings. The van der Waals surface area contributed by atoms with Crippen LogP contribution in [0.5, 0.6) is 0 Å². The van der Waals surface area contributed by atoms with Crippen LogP contribution >= 0.6 is 23.1 Å². The van der Waals surface area contributed by atoms with E-state index in [1.54, 1.807) is 5.38 Å². The van der Waals surface area contributed by atoms with Crippen LogP contribution in [-0.2, 0) is 12.2 Å². The van der Waals surface area contributed by atoms with Crippen LogP contribution < -0.4 is 11.1 Å². The maximum atomic E-state index is 12.3. The minimum Gasteiger partial charge on any atom is -0.330 e. The van der Waals surface area contributed by atoms with Crippen LogP contribution in [0, 0.1) is 0 Å². The van der Waals surface area contributed by atoms with E-state index in [1.807, 2.05) is 23.9 Å². The van der Waals surface area contributed by atoms with Crippen LogP contribution in [0.2, 0.25) is 0 Å². The molecule has 1 aliphatic carbocycles. The van der Waals surface area contributed by atoms with Gasteiger partial charge >= 0.3 is 0 Å². The molecule has 6 heteroatoms. The molecule has 1 fully saturated rings. The number of rotatable bonds is 7. The number of nitrogens with two attached hydrogens (primary N) is 1. The predicted molar refractivity (Wildman–Crippen MR) is 103 cm³/mol. The molecule has 0 bridgehead atoms. The van der Waals surface area contributed by atoms with E-state index in [4.69, 9.17) is 5.73 Å². The molecule has 1 aromatic carbocycles. The van der Waals surface area contributed by atoms with Crippen molar-refractivity contribution in [2.45, 2.75) is 43.1 Å². The van der Waals surface area contributed by atoms with Gasteiger partial charge < -0.3 is 11.1 Å². The van der Waals surface area contributed by atoms with Crippen molar-refractivity contribution in [3.63, 3.8) is 0 Å². The number of hydrogen-bond donors (Lipinski definition) is 2. The van der Waals surface area contributed by atoms with Gasteiger partial charge in [-0.2, -0.15) is 11.8 Å². The summed E-state index contributed by atoms with van der Waals surface area (Å²) in [6.45, 7) is 0.551. The van der Waals surface area contributed by atoms with Crippen LogP contribution in [0.1, 0.15) is 46.7 Å². The summed E-state index contributed by atoms with van der Waals surface area (Å²) < 4.78 is 0. The van der Waals surface area contributed by atoms with Gasteiger partial charge in [-0.3, -0.25) is 4.79 Å². The number of carbonyl (C=O) groups excluding carboxylic acids is 1. The van der Waals surface area contributed by atoms with Gasteiger partial charge in [0.15, 0.2) is 0 Å². The van der Waals surface area contributed by atoms with Crippen LogP contribution in [0.3, 0.4) is 0 Å². The molecule has 1 amide bonds. The first-order chi connectivity index (χ1) is 11.7. The van der Waals surface area contributed by atoms with E-state index in [1.165, 1.54) is 42.6 Å². The molecule has 1 aromatic heterocycles. The molecule has 0 spiro atoms. The van der Waals surface area contributed by atoms with Crippen molar-refractivity contribution in [1.82, 2.24) is 4.98 Å². The standard InChI is InChI=1S/C18H23N3OS2/c19-9-8-17-21-16(12-24-17)18(22)20-14-5-3-4-13(10-14)11-23-15-6-1-2-7-15/h3-5,10,12,15H,1-2,6-9,11,19H2,(H,20,22). The first kappa shape index (κ1) is 17.5. The Morgan fingerprint density at radius 1 is 1.38 bits per heavy atom. The molecule has 0 saturated heterocycles. The van der Waals surface area contributed by atoms with Gasteiger partial charge in [0, 0.05) is 28.5 Å². The van der Waals surface area contributed by atoms with Crippen molar-refractivity contribution in [3.05, 3.63) is 45.9 Å². The molecular weight excluding hydrogens is 338 g/mol. The Hall–Kier alpha value is -1.37. The van der Waals surface area contributed by atoms with Gasteiger partial charge in [-0.25, -0.2) is 4.98 Å². The zero-order valence-electron chi connectivity index (χ0n) is 13.7. The topological polar surface area (TPSA) is 68.0 Å². The second-order valence-electron chi connectivity index (χ2n) is 6.04. The van der Waals surface area contributed by atoms with Crippen molar-refractivity contribution >= 4 is 34.7 Å². The van der Waals surface area contributed by atoms with Gasteiger partial charge in [-0.15, -0.1) is 11.3 Å². The van der Waals surface area contributed by atoms with Gasteiger partial charge in [0.05, 0.1) is 5.01 Å². The number of anilines is 1. The van der Waals surface area contributed by atoms with Gasteiger partial charge in [0.1, 0.15) is 5.69 Å². The minimum atomic E-state index is -0.157. The second kappa shape index (κ2) is 8.65. The molecule has 1 heterocycles. The average Bonchev–Trinajstić information content (AvgIpc) is 3.25. The summed E-state index contributed by atoms with van der Waals surface area (Å²) in [5.41, 5.74) is 8.08. The zero-order valence-corrected chi connectivity index (χ0v) is 15.3. The first-order valence-corrected chi connectivity index (χ1v) is 10.3. The molecule has 0 radical (unpaired) electrons. The van der Waals surface area contributed by atoms with Gasteiger partial charge in [-0.05, 0) is 37.1 Å². The molecule has 1 saturated carbocycles. The highest BCUT2D eigenvalue weighted by Crippen LogP contribution is 2.31. The Kier molecular flexibility index (Phi) is 6.29. The van der Waals surface area contributed by atoms with Crippen LogP contribution in [-0.4, -0.2) is 22.7 Å². The number of nitrogens with zero attached hydrogens (tertiary/aromatic N) is 1. The monoisotopic (exact) mass is 361 g/mol. The third-order valence-corrected chi connectivity index (χ3v) is 6.47. The maximum absolute atomic E-state index is 12.3. The lowest BCUT2D eigenvalue weighted by Crippen LogP contribution is -2.13. The lowest BCUT2D eigenvalue weighted by atomic mass is 10.2. The van der Waals surface area contributed by atoms with Crippen molar-refractivity contribution in [2.75, 3.05) is 11.9 Å². The van der Waals surface area contributed by atoms with E-state index in [0.29, 0.717) is 18.7 Å². The normalized spacial score (nSPS) is 14.9. The van der Waals surface area contributed by atoms with Gasteiger partial charge in [0.2, 0.25) is 0 Å². The van der Waals surface area contributed by atoms with Gasteiger partial charge in [0.25, 0.3) is 5.91 Å². The van der Waals surface area contributed by atoms with Crippen LogP contribution in [0.4, 0.5) is 5.69 Å². The van der Waals surface area contributed by atoms with Crippen molar-refractivity contribution in [3.8, 4) is 0 Å². The molecule has 3 rings (SSSR count). The summed E-state index contributed by atoms with van der Waals surface area (Å²) in [5, 5.41) is 6.45. The zero-order chi connectivity index (χ0) is 16.8. The number of carbonyl (C=O) groups is 1. The molecular formula is C18H23N3OS2. The lowest BCUT2D eigenvalue weighted by molar-refractivity contribution is 0.102. The fraction of sp³-hybridized carbons (Fsp3) is 0.444. The summed E-state index contributed by atoms with van der Waals surface area (Å²) in [7, 11) is 0. The van der Waals surface area contributed by atoms with Crippen LogP contribution in [0.25, 0.3) is 0 Å². The second-order valence-corrected chi connectivity index (χ2v) is 8.27. The van der Waals surface area contributed by atoms with E-state index >= 15 is 0 Å². The summed E-state index contributed by atoms with van der Waals surface area (Å²) in [6, 6.07) is 8.11. The molecule has 0 unspecified atom stereocenters. The fourth-order valence-corrected chi connectivity index (χ4v) is 4.93. The molecule has 0 aliphatic heterocycles. The van der Waals surface area contributed by atoms with E-state index < -0.39 is 0 Å². The predicted octanol–water partition coefficient (Wildman–Crippen LogP) is 4.07. The lowest BCUT2D eigenvalue weighted by Gasteiger charge is -2.10. The molecule has 0 atom stereocenters. The molecule has 3 N–H and O–H groups in total. The fourth-order valence-electron chi connectivity index (χ4n) is 2.86. The third-order valence-electron chi connectivity index (χ3n) is 4.12. The van der Waals surface area contributed by atoms with Crippen molar-refractivity contribution in [1.29, 1.82) is 0 Å². The number of thioether (sulfide) groups is 1. The molecule has 128 valence electrons. The van der Waals surface area contributed by atoms with Crippen molar-refractivity contribution < 1.29 is 4.79 Å². The highest BCUT2D eigenvalue weighted by atomic mass is 32.2. The molecule has 1 aliphatic rings. The smallest absolute Gasteiger partial charge is 0.275 e. The van der Waals surface area contributed by atoms with Gasteiger partial charge in [-0.1, -0.05) is 25.0 Å². The Bertz CT molecular complexity index is 680. The third kappa shape index (κ3) is 4.82. The number of aromatic nitrogens is 1. The quantitative estimate of drug-likeness (QED) is 0.780. The number of benzene rings is 1. The summed E-state index contributed by atoms with van der Waals surface area (Å²) >= 11 is 3.52. The first-order valence-electron chi connectivity index (χ1n) is 8.41. The van der Waals surface area contributed by atoms with E-state index in [-0.39, 0.29) is 5.91 Å². The van der Waals surface area contributed by atoms with Crippen molar-refractivity contribution in [2.24, 2.45) is 5.73 Å².